The molecule has 1 amide bonds. The number of nitrogens with one attached hydrogen (secondary N) is 1. The molecule has 0 bridgehead atoms. The van der Waals surface area contributed by atoms with Gasteiger partial charge < -0.3 is 20.2 Å². The fraction of sp³-hybridized carbons (Fsp3) is 0.182. The Balaban J connectivity index is 2.26. The number of ether oxygens (including phenoxy) is 2. The van der Waals surface area contributed by atoms with E-state index >= 15 is 0 Å². The molecule has 2 heterocycles. The molecule has 16 heavy (non-hydrogen) atoms. The number of carbonyl (C=O) groups is 1. The molecule has 2 aromatic rings. The Morgan fingerprint density at radius 2 is 2.12 bits per heavy atom. The van der Waals surface area contributed by atoms with Crippen molar-refractivity contribution in [3.8, 4) is 11.5 Å². The third-order valence-electron chi connectivity index (χ3n) is 2.57. The van der Waals surface area contributed by atoms with Gasteiger partial charge in [0.2, 0.25) is 0 Å². The van der Waals surface area contributed by atoms with Crippen LogP contribution >= 0.6 is 0 Å². The SMILES string of the molecule is NC(=O)c1cc2c3c(ccc2[nH]1)OCCO3. The molecule has 0 aliphatic carbocycles. The first kappa shape index (κ1) is 9.08. The van der Waals surface area contributed by atoms with Crippen molar-refractivity contribution in [2.24, 2.45) is 5.73 Å². The molecule has 0 fully saturated rings. The maximum absolute atomic E-state index is 11.1. The number of aromatic nitrogens is 1. The van der Waals surface area contributed by atoms with Crippen molar-refractivity contribution in [2.75, 3.05) is 13.2 Å². The molecular weight excluding hydrogens is 208 g/mol. The number of fused-ring (bicyclic) bond motifs is 3. The Labute approximate surface area is 91.1 Å². The zero-order valence-corrected chi connectivity index (χ0v) is 8.45. The lowest BCUT2D eigenvalue weighted by atomic mass is 10.2. The lowest BCUT2D eigenvalue weighted by Gasteiger charge is -2.18. The molecule has 82 valence electrons. The van der Waals surface area contributed by atoms with Crippen molar-refractivity contribution in [1.82, 2.24) is 4.98 Å². The van der Waals surface area contributed by atoms with Crippen LogP contribution in [-0.4, -0.2) is 24.1 Å². The molecule has 3 rings (SSSR count). The Kier molecular flexibility index (Phi) is 1.80. The van der Waals surface area contributed by atoms with Crippen LogP contribution in [0.2, 0.25) is 0 Å². The Bertz CT molecular complexity index is 574. The number of rotatable bonds is 1. The minimum absolute atomic E-state index is 0.373. The second-order valence-corrected chi connectivity index (χ2v) is 3.60. The average molecular weight is 218 g/mol. The molecule has 5 heteroatoms. The molecule has 5 nitrogen and oxygen atoms in total. The fourth-order valence-corrected chi connectivity index (χ4v) is 1.85. The number of nitrogens with two attached hydrogens (primary N) is 1. The van der Waals surface area contributed by atoms with E-state index in [9.17, 15) is 4.79 Å². The van der Waals surface area contributed by atoms with Crippen molar-refractivity contribution in [3.05, 3.63) is 23.9 Å². The van der Waals surface area contributed by atoms with Crippen molar-refractivity contribution in [1.29, 1.82) is 0 Å². The zero-order chi connectivity index (χ0) is 11.1. The lowest BCUT2D eigenvalue weighted by molar-refractivity contribution is 0.0996. The standard InChI is InChI=1S/C11H10N2O3/c12-11(14)8-5-6-7(13-8)1-2-9-10(6)16-4-3-15-9/h1-2,5,13H,3-4H2,(H2,12,14). The highest BCUT2D eigenvalue weighted by Crippen LogP contribution is 2.37. The quantitative estimate of drug-likeness (QED) is 0.750. The molecule has 1 aromatic carbocycles. The second-order valence-electron chi connectivity index (χ2n) is 3.60. The van der Waals surface area contributed by atoms with Gasteiger partial charge >= 0.3 is 0 Å². The zero-order valence-electron chi connectivity index (χ0n) is 8.45. The van der Waals surface area contributed by atoms with E-state index in [0.717, 1.165) is 10.9 Å². The van der Waals surface area contributed by atoms with Gasteiger partial charge in [0.05, 0.1) is 5.52 Å². The molecule has 0 unspecified atom stereocenters. The third kappa shape index (κ3) is 1.21. The van der Waals surface area contributed by atoms with E-state index < -0.39 is 5.91 Å². The summed E-state index contributed by atoms with van der Waals surface area (Å²) in [5, 5.41) is 0.825. The van der Waals surface area contributed by atoms with Gasteiger partial charge in [0.15, 0.2) is 11.5 Å². The fourth-order valence-electron chi connectivity index (χ4n) is 1.85. The first-order valence-corrected chi connectivity index (χ1v) is 4.97. The normalized spacial score (nSPS) is 14.0. The van der Waals surface area contributed by atoms with Crippen LogP contribution in [0.1, 0.15) is 10.5 Å². The van der Waals surface area contributed by atoms with Gasteiger partial charge in [0.1, 0.15) is 18.9 Å². The van der Waals surface area contributed by atoms with Crippen LogP contribution in [0.3, 0.4) is 0 Å². The van der Waals surface area contributed by atoms with Crippen LogP contribution in [0.5, 0.6) is 11.5 Å². The largest absolute Gasteiger partial charge is 0.486 e. The minimum Gasteiger partial charge on any atom is -0.486 e. The van der Waals surface area contributed by atoms with Gasteiger partial charge in [0, 0.05) is 5.39 Å². The van der Waals surface area contributed by atoms with E-state index in [1.165, 1.54) is 0 Å². The highest BCUT2D eigenvalue weighted by molar-refractivity contribution is 5.99. The molecule has 1 aromatic heterocycles. The van der Waals surface area contributed by atoms with Crippen LogP contribution in [0.4, 0.5) is 0 Å². The highest BCUT2D eigenvalue weighted by Gasteiger charge is 2.17. The highest BCUT2D eigenvalue weighted by atomic mass is 16.6. The summed E-state index contributed by atoms with van der Waals surface area (Å²) in [6.07, 6.45) is 0. The average Bonchev–Trinajstić information content (AvgIpc) is 2.73. The van der Waals surface area contributed by atoms with Gasteiger partial charge in [-0.3, -0.25) is 4.79 Å². The smallest absolute Gasteiger partial charge is 0.265 e. The number of aromatic amines is 1. The molecule has 0 saturated heterocycles. The van der Waals surface area contributed by atoms with Crippen LogP contribution in [0.15, 0.2) is 18.2 Å². The maximum Gasteiger partial charge on any atom is 0.265 e. The van der Waals surface area contributed by atoms with Crippen molar-refractivity contribution < 1.29 is 14.3 Å². The number of hydrogen-bond donors (Lipinski definition) is 2. The molecular formula is C11H10N2O3. The first-order chi connectivity index (χ1) is 7.75. The summed E-state index contributed by atoms with van der Waals surface area (Å²) in [4.78, 5) is 14.0. The van der Waals surface area contributed by atoms with E-state index in [2.05, 4.69) is 4.98 Å². The number of carbonyl (C=O) groups excluding carboxylic acids is 1. The molecule has 3 N–H and O–H groups in total. The number of amides is 1. The summed E-state index contributed by atoms with van der Waals surface area (Å²) in [5.41, 5.74) is 6.40. The van der Waals surface area contributed by atoms with Gasteiger partial charge in [0.25, 0.3) is 5.91 Å². The van der Waals surface area contributed by atoms with Crippen LogP contribution < -0.4 is 15.2 Å². The number of H-pyrrole nitrogens is 1. The summed E-state index contributed by atoms with van der Waals surface area (Å²) >= 11 is 0. The topological polar surface area (TPSA) is 77.3 Å². The molecule has 0 radical (unpaired) electrons. The Hall–Kier alpha value is -2.17. The summed E-state index contributed by atoms with van der Waals surface area (Å²) in [6, 6.07) is 5.35. The van der Waals surface area contributed by atoms with Gasteiger partial charge in [-0.15, -0.1) is 0 Å². The van der Waals surface area contributed by atoms with Gasteiger partial charge in [-0.05, 0) is 18.2 Å². The van der Waals surface area contributed by atoms with Crippen LogP contribution in [-0.2, 0) is 0 Å². The maximum atomic E-state index is 11.1. The van der Waals surface area contributed by atoms with E-state index in [4.69, 9.17) is 15.2 Å². The summed E-state index contributed by atoms with van der Waals surface area (Å²) in [7, 11) is 0. The number of hydrogen-bond acceptors (Lipinski definition) is 3. The molecule has 1 aliphatic heterocycles. The molecule has 1 aliphatic rings. The number of primary amides is 1. The van der Waals surface area contributed by atoms with E-state index in [1.54, 1.807) is 6.07 Å². The summed E-state index contributed by atoms with van der Waals surface area (Å²) < 4.78 is 11.0. The van der Waals surface area contributed by atoms with E-state index in [0.29, 0.717) is 30.4 Å². The van der Waals surface area contributed by atoms with Crippen molar-refractivity contribution in [3.63, 3.8) is 0 Å². The Morgan fingerprint density at radius 3 is 2.94 bits per heavy atom. The minimum atomic E-state index is -0.485. The van der Waals surface area contributed by atoms with Gasteiger partial charge in [-0.2, -0.15) is 0 Å². The summed E-state index contributed by atoms with van der Waals surface area (Å²) in [5.74, 6) is 0.892. The lowest BCUT2D eigenvalue weighted by Crippen LogP contribution is -2.15. The Morgan fingerprint density at radius 1 is 1.31 bits per heavy atom. The summed E-state index contributed by atoms with van der Waals surface area (Å²) in [6.45, 7) is 1.06. The van der Waals surface area contributed by atoms with Crippen LogP contribution in [0, 0.1) is 0 Å². The molecule has 0 saturated carbocycles. The van der Waals surface area contributed by atoms with E-state index in [1.807, 2.05) is 12.1 Å². The van der Waals surface area contributed by atoms with Gasteiger partial charge in [-0.25, -0.2) is 0 Å². The van der Waals surface area contributed by atoms with Gasteiger partial charge in [-0.1, -0.05) is 0 Å². The second kappa shape index (κ2) is 3.16. The predicted octanol–water partition coefficient (Wildman–Crippen LogP) is 1.04. The molecule has 0 atom stereocenters. The van der Waals surface area contributed by atoms with Crippen molar-refractivity contribution in [2.45, 2.75) is 0 Å². The number of benzene rings is 1. The van der Waals surface area contributed by atoms with Crippen LogP contribution in [0.25, 0.3) is 10.9 Å². The molecule has 0 spiro atoms. The first-order valence-electron chi connectivity index (χ1n) is 4.97. The third-order valence-corrected chi connectivity index (χ3v) is 2.57. The van der Waals surface area contributed by atoms with Crippen molar-refractivity contribution >= 4 is 16.8 Å². The monoisotopic (exact) mass is 218 g/mol. The predicted molar refractivity (Wildman–Crippen MR) is 57.8 cm³/mol. The van der Waals surface area contributed by atoms with E-state index in [-0.39, 0.29) is 0 Å².